The molecule has 2 fully saturated rings. The first kappa shape index (κ1) is 40.8. The van der Waals surface area contributed by atoms with Gasteiger partial charge >= 0.3 is 13.5 Å². The van der Waals surface area contributed by atoms with Crippen LogP contribution < -0.4 is 16.6 Å². The molecule has 2 saturated heterocycles. The summed E-state index contributed by atoms with van der Waals surface area (Å²) in [6.45, 7) is 0.846. The van der Waals surface area contributed by atoms with Crippen LogP contribution in [-0.2, 0) is 60.0 Å². The maximum Gasteiger partial charge on any atom is 0.472 e. The van der Waals surface area contributed by atoms with Gasteiger partial charge in [-0.1, -0.05) is 5.21 Å². The number of aromatic amines is 1. The summed E-state index contributed by atoms with van der Waals surface area (Å²) in [6.07, 6.45) is -7.49. The second-order valence-electron chi connectivity index (χ2n) is 11.3. The van der Waals surface area contributed by atoms with Gasteiger partial charge in [0.25, 0.3) is 5.56 Å². The van der Waals surface area contributed by atoms with Crippen LogP contribution in [0.5, 0.6) is 0 Å². The minimum Gasteiger partial charge on any atom is -0.394 e. The van der Waals surface area contributed by atoms with Crippen molar-refractivity contribution in [3.8, 4) is 0 Å². The Labute approximate surface area is 289 Å². The van der Waals surface area contributed by atoms with Gasteiger partial charge in [0.05, 0.1) is 65.6 Å². The van der Waals surface area contributed by atoms with Crippen LogP contribution in [0.1, 0.15) is 18.8 Å². The van der Waals surface area contributed by atoms with E-state index in [-0.39, 0.29) is 39.6 Å². The lowest BCUT2D eigenvalue weighted by Gasteiger charge is -2.42. The molecule has 0 saturated carbocycles. The SMILES string of the molecule is COP(=O)(O)OC1C(CO)OC(n2ccc(=O)[nH]c2=O)C1OCc1cn(CCOCCOCCOC2OC(CO)C(O)C(O)C2NC(C)=O)nn1. The summed E-state index contributed by atoms with van der Waals surface area (Å²) in [5.41, 5.74) is -1.19. The number of aromatic nitrogens is 5. The lowest BCUT2D eigenvalue weighted by molar-refractivity contribution is -0.272. The van der Waals surface area contributed by atoms with E-state index in [9.17, 15) is 44.3 Å². The molecule has 10 unspecified atom stereocenters. The Hall–Kier alpha value is -3.00. The van der Waals surface area contributed by atoms with Crippen molar-refractivity contribution in [3.05, 3.63) is 45.0 Å². The van der Waals surface area contributed by atoms with Crippen molar-refractivity contribution in [3.63, 3.8) is 0 Å². The molecular formula is C27H43N6O17P. The fraction of sp³-hybridized carbons (Fsp3) is 0.741. The number of nitrogens with zero attached hydrogens (tertiary/aromatic N) is 4. The molecule has 4 heterocycles. The second-order valence-corrected chi connectivity index (χ2v) is 12.8. The molecule has 4 rings (SSSR count). The standard InChI is InChI=1S/C27H43N6O17P/c1-15(36)28-20-22(39)21(38)17(12-34)49-26(20)46-10-9-45-8-7-44-6-5-32-11-16(30-31-32)14-47-24-23(50-51(41,42)43-2)18(13-35)48-25(24)33-4-3-19(37)29-27(33)40/h3-4,11,17-18,20-26,34-35,38-39H,5-10,12-14H2,1-2H3,(H,28,36)(H,41,42)(H,29,37,40). The topological polar surface area (TPSA) is 307 Å². The van der Waals surface area contributed by atoms with Gasteiger partial charge in [-0.2, -0.15) is 0 Å². The third-order valence-electron chi connectivity index (χ3n) is 7.68. The van der Waals surface area contributed by atoms with Crippen LogP contribution in [0.4, 0.5) is 0 Å². The molecule has 0 radical (unpaired) electrons. The van der Waals surface area contributed by atoms with Gasteiger partial charge in [0, 0.05) is 26.3 Å². The lowest BCUT2D eigenvalue weighted by Crippen LogP contribution is -2.64. The van der Waals surface area contributed by atoms with Gasteiger partial charge in [-0.15, -0.1) is 5.10 Å². The molecule has 2 aliphatic heterocycles. The van der Waals surface area contributed by atoms with Crippen LogP contribution in [0.15, 0.2) is 28.0 Å². The average Bonchev–Trinajstić information content (AvgIpc) is 3.69. The van der Waals surface area contributed by atoms with Crippen LogP contribution in [0.25, 0.3) is 0 Å². The number of phosphoric acid groups is 1. The van der Waals surface area contributed by atoms with Gasteiger partial charge in [-0.05, 0) is 0 Å². The fourth-order valence-corrected chi connectivity index (χ4v) is 5.87. The molecule has 0 aliphatic carbocycles. The Morgan fingerprint density at radius 2 is 1.73 bits per heavy atom. The summed E-state index contributed by atoms with van der Waals surface area (Å²) < 4.78 is 58.1. The largest absolute Gasteiger partial charge is 0.472 e. The zero-order chi connectivity index (χ0) is 37.1. The minimum absolute atomic E-state index is 0.0140. The quantitative estimate of drug-likeness (QED) is 0.0497. The van der Waals surface area contributed by atoms with Gasteiger partial charge in [-0.25, -0.2) is 14.0 Å². The summed E-state index contributed by atoms with van der Waals surface area (Å²) in [7, 11) is -3.66. The Morgan fingerprint density at radius 1 is 1.02 bits per heavy atom. The Kier molecular flexibility index (Phi) is 15.3. The Bertz CT molecular complexity index is 1560. The third kappa shape index (κ3) is 11.2. The van der Waals surface area contributed by atoms with Crippen molar-refractivity contribution >= 4 is 13.7 Å². The van der Waals surface area contributed by atoms with E-state index in [1.165, 1.54) is 11.6 Å². The number of hydrogen-bond donors (Lipinski definition) is 7. The highest BCUT2D eigenvalue weighted by Crippen LogP contribution is 2.48. The molecule has 2 aromatic rings. The molecule has 24 heteroatoms. The Balaban J connectivity index is 1.21. The molecule has 23 nitrogen and oxygen atoms in total. The van der Waals surface area contributed by atoms with E-state index >= 15 is 0 Å². The van der Waals surface area contributed by atoms with E-state index in [0.717, 1.165) is 23.9 Å². The number of carbonyl (C=O) groups excluding carboxylic acids is 1. The third-order valence-corrected chi connectivity index (χ3v) is 8.65. The van der Waals surface area contributed by atoms with Gasteiger partial charge in [0.15, 0.2) is 12.5 Å². The number of ether oxygens (including phenoxy) is 6. The van der Waals surface area contributed by atoms with Crippen molar-refractivity contribution in [1.29, 1.82) is 0 Å². The first-order valence-corrected chi connectivity index (χ1v) is 17.2. The summed E-state index contributed by atoms with van der Waals surface area (Å²) >= 11 is 0. The van der Waals surface area contributed by atoms with E-state index in [1.54, 1.807) is 6.20 Å². The lowest BCUT2D eigenvalue weighted by atomic mass is 9.97. The molecule has 0 bridgehead atoms. The van der Waals surface area contributed by atoms with Crippen molar-refractivity contribution in [2.45, 2.75) is 75.3 Å². The van der Waals surface area contributed by atoms with Crippen LogP contribution in [0.3, 0.4) is 0 Å². The van der Waals surface area contributed by atoms with E-state index in [1.807, 2.05) is 0 Å². The first-order chi connectivity index (χ1) is 24.4. The maximum atomic E-state index is 12.5. The summed E-state index contributed by atoms with van der Waals surface area (Å²) in [5, 5.41) is 50.1. The smallest absolute Gasteiger partial charge is 0.394 e. The number of amides is 1. The number of carbonyl (C=O) groups is 1. The molecule has 288 valence electrons. The normalized spacial score (nSPS) is 29.2. The van der Waals surface area contributed by atoms with Gasteiger partial charge < -0.3 is 59.1 Å². The zero-order valence-corrected chi connectivity index (χ0v) is 28.6. The van der Waals surface area contributed by atoms with Crippen LogP contribution >= 0.6 is 7.82 Å². The maximum absolute atomic E-state index is 12.5. The molecule has 1 amide bonds. The summed E-state index contributed by atoms with van der Waals surface area (Å²) in [6, 6.07) is 0.0127. The van der Waals surface area contributed by atoms with Gasteiger partial charge in [0.2, 0.25) is 5.91 Å². The number of H-pyrrole nitrogens is 1. The summed E-state index contributed by atoms with van der Waals surface area (Å²) in [4.78, 5) is 47.6. The fourth-order valence-electron chi connectivity index (χ4n) is 5.22. The van der Waals surface area contributed by atoms with Crippen molar-refractivity contribution in [2.24, 2.45) is 0 Å². The predicted molar refractivity (Wildman–Crippen MR) is 166 cm³/mol. The molecular weight excluding hydrogens is 711 g/mol. The molecule has 0 spiro atoms. The minimum atomic E-state index is -4.61. The molecule has 2 aromatic heterocycles. The van der Waals surface area contributed by atoms with E-state index < -0.39 is 93.4 Å². The number of aliphatic hydroxyl groups is 4. The summed E-state index contributed by atoms with van der Waals surface area (Å²) in [5.74, 6) is -0.467. The van der Waals surface area contributed by atoms with Gasteiger partial charge in [0.1, 0.15) is 48.4 Å². The highest BCUT2D eigenvalue weighted by atomic mass is 31.2. The average molecular weight is 755 g/mol. The highest BCUT2D eigenvalue weighted by molar-refractivity contribution is 7.47. The molecule has 2 aliphatic rings. The number of phosphoric ester groups is 1. The molecule has 0 aromatic carbocycles. The van der Waals surface area contributed by atoms with Crippen LogP contribution in [0, 0.1) is 0 Å². The van der Waals surface area contributed by atoms with Crippen molar-refractivity contribution in [1.82, 2.24) is 29.9 Å². The first-order valence-electron chi connectivity index (χ1n) is 15.7. The monoisotopic (exact) mass is 754 g/mol. The van der Waals surface area contributed by atoms with Crippen molar-refractivity contribution in [2.75, 3.05) is 53.4 Å². The number of nitrogens with one attached hydrogen (secondary N) is 2. The van der Waals surface area contributed by atoms with E-state index in [2.05, 4.69) is 25.1 Å². The number of hydrogen-bond acceptors (Lipinski definition) is 18. The second kappa shape index (κ2) is 19.2. The molecule has 10 atom stereocenters. The molecule has 51 heavy (non-hydrogen) atoms. The number of rotatable bonds is 20. The Morgan fingerprint density at radius 3 is 2.39 bits per heavy atom. The van der Waals surface area contributed by atoms with E-state index in [0.29, 0.717) is 12.2 Å². The van der Waals surface area contributed by atoms with E-state index in [4.69, 9.17) is 32.9 Å². The zero-order valence-electron chi connectivity index (χ0n) is 27.7. The van der Waals surface area contributed by atoms with Gasteiger partial charge in [-0.3, -0.25) is 28.2 Å². The number of aliphatic hydroxyl groups excluding tert-OH is 4. The highest BCUT2D eigenvalue weighted by Gasteiger charge is 2.50. The predicted octanol–water partition coefficient (Wildman–Crippen LogP) is -4.27. The van der Waals surface area contributed by atoms with Crippen LogP contribution in [-0.4, -0.2) is 158 Å². The molecule has 7 N–H and O–H groups in total. The van der Waals surface area contributed by atoms with Crippen LogP contribution in [0.2, 0.25) is 0 Å². The van der Waals surface area contributed by atoms with Crippen molar-refractivity contribution < 1.29 is 72.1 Å².